The van der Waals surface area contributed by atoms with Gasteiger partial charge in [0, 0.05) is 24.5 Å². The molecule has 112 valence electrons. The van der Waals surface area contributed by atoms with E-state index in [2.05, 4.69) is 42.3 Å². The predicted octanol–water partition coefficient (Wildman–Crippen LogP) is 4.49. The minimum absolute atomic E-state index is 0.0869. The molecule has 2 aromatic rings. The van der Waals surface area contributed by atoms with Crippen LogP contribution in [0.1, 0.15) is 29.7 Å². The second-order valence-electron chi connectivity index (χ2n) is 5.56. The molecule has 2 rings (SSSR count). The van der Waals surface area contributed by atoms with Crippen LogP contribution in [0.15, 0.2) is 36.4 Å². The van der Waals surface area contributed by atoms with E-state index >= 15 is 0 Å². The first-order chi connectivity index (χ1) is 9.93. The van der Waals surface area contributed by atoms with E-state index < -0.39 is 0 Å². The molecular formula is C18H23FN2. The third-order valence-electron chi connectivity index (χ3n) is 3.96. The normalized spacial score (nSPS) is 12.3. The largest absolute Gasteiger partial charge is 0.344 e. The van der Waals surface area contributed by atoms with Crippen molar-refractivity contribution < 1.29 is 4.39 Å². The average molecular weight is 286 g/mol. The number of benzene rings is 2. The van der Waals surface area contributed by atoms with Crippen LogP contribution in [-0.4, -0.2) is 14.1 Å². The number of rotatable bonds is 4. The molecule has 0 aliphatic carbocycles. The summed E-state index contributed by atoms with van der Waals surface area (Å²) in [5, 5.41) is 3.19. The Balaban J connectivity index is 2.50. The quantitative estimate of drug-likeness (QED) is 0.890. The summed E-state index contributed by atoms with van der Waals surface area (Å²) < 4.78 is 13.6. The first-order valence-corrected chi connectivity index (χ1v) is 7.21. The van der Waals surface area contributed by atoms with E-state index in [-0.39, 0.29) is 11.9 Å². The van der Waals surface area contributed by atoms with Crippen LogP contribution < -0.4 is 10.2 Å². The van der Waals surface area contributed by atoms with Gasteiger partial charge in [0.2, 0.25) is 0 Å². The van der Waals surface area contributed by atoms with E-state index in [0.717, 1.165) is 16.9 Å². The van der Waals surface area contributed by atoms with Crippen LogP contribution in [0.4, 0.5) is 15.8 Å². The summed E-state index contributed by atoms with van der Waals surface area (Å²) in [5.74, 6) is -0.204. The van der Waals surface area contributed by atoms with Crippen LogP contribution >= 0.6 is 0 Å². The summed E-state index contributed by atoms with van der Waals surface area (Å²) in [7, 11) is 3.91. The zero-order chi connectivity index (χ0) is 15.6. The Labute approximate surface area is 126 Å². The molecule has 1 unspecified atom stereocenters. The Morgan fingerprint density at radius 1 is 1.05 bits per heavy atom. The van der Waals surface area contributed by atoms with E-state index in [9.17, 15) is 4.39 Å². The molecule has 0 saturated heterocycles. The molecule has 0 radical (unpaired) electrons. The first kappa shape index (κ1) is 15.5. The molecule has 0 amide bonds. The van der Waals surface area contributed by atoms with Gasteiger partial charge >= 0.3 is 0 Å². The van der Waals surface area contributed by atoms with Gasteiger partial charge in [-0.15, -0.1) is 0 Å². The number of halogens is 1. The lowest BCUT2D eigenvalue weighted by Gasteiger charge is -2.26. The third-order valence-corrected chi connectivity index (χ3v) is 3.96. The standard InChI is InChI=1S/C18H23FN2/c1-12-6-8-17(13(2)10-12)21(5)18-9-7-15(19)11-16(18)14(3)20-4/h6-11,14,20H,1-5H3. The van der Waals surface area contributed by atoms with Gasteiger partial charge in [-0.1, -0.05) is 17.7 Å². The maximum atomic E-state index is 13.6. The number of hydrogen-bond acceptors (Lipinski definition) is 2. The molecule has 1 N–H and O–H groups in total. The van der Waals surface area contributed by atoms with E-state index in [1.807, 2.05) is 27.1 Å². The maximum Gasteiger partial charge on any atom is 0.123 e. The minimum Gasteiger partial charge on any atom is -0.344 e. The van der Waals surface area contributed by atoms with Crippen molar-refractivity contribution in [1.29, 1.82) is 0 Å². The van der Waals surface area contributed by atoms with Crippen molar-refractivity contribution in [2.75, 3.05) is 19.0 Å². The summed E-state index contributed by atoms with van der Waals surface area (Å²) >= 11 is 0. The van der Waals surface area contributed by atoms with E-state index in [0.29, 0.717) is 0 Å². The van der Waals surface area contributed by atoms with E-state index in [4.69, 9.17) is 0 Å². The molecule has 0 aliphatic rings. The van der Waals surface area contributed by atoms with E-state index in [1.165, 1.54) is 17.2 Å². The van der Waals surface area contributed by atoms with Crippen LogP contribution in [0, 0.1) is 19.7 Å². The molecule has 0 aliphatic heterocycles. The number of anilines is 2. The van der Waals surface area contributed by atoms with Gasteiger partial charge < -0.3 is 10.2 Å². The van der Waals surface area contributed by atoms with Gasteiger partial charge in [0.15, 0.2) is 0 Å². The Morgan fingerprint density at radius 2 is 1.71 bits per heavy atom. The molecule has 3 heteroatoms. The van der Waals surface area contributed by atoms with Crippen molar-refractivity contribution in [3.8, 4) is 0 Å². The number of nitrogens with one attached hydrogen (secondary N) is 1. The Bertz CT molecular complexity index is 637. The molecule has 1 atom stereocenters. The van der Waals surface area contributed by atoms with Crippen LogP contribution in [0.25, 0.3) is 0 Å². The summed E-state index contributed by atoms with van der Waals surface area (Å²) in [6.07, 6.45) is 0. The smallest absolute Gasteiger partial charge is 0.123 e. The van der Waals surface area contributed by atoms with Gasteiger partial charge in [-0.3, -0.25) is 0 Å². The third kappa shape index (κ3) is 3.24. The first-order valence-electron chi connectivity index (χ1n) is 7.21. The van der Waals surface area contributed by atoms with Gasteiger partial charge in [0.25, 0.3) is 0 Å². The highest BCUT2D eigenvalue weighted by molar-refractivity contribution is 5.69. The van der Waals surface area contributed by atoms with Crippen molar-refractivity contribution in [2.45, 2.75) is 26.8 Å². The predicted molar refractivity (Wildman–Crippen MR) is 87.9 cm³/mol. The van der Waals surface area contributed by atoms with Gasteiger partial charge in [0.1, 0.15) is 5.82 Å². The molecule has 0 spiro atoms. The van der Waals surface area contributed by atoms with E-state index in [1.54, 1.807) is 6.07 Å². The van der Waals surface area contributed by atoms with Gasteiger partial charge in [-0.25, -0.2) is 4.39 Å². The highest BCUT2D eigenvalue weighted by atomic mass is 19.1. The summed E-state index contributed by atoms with van der Waals surface area (Å²) in [6, 6.07) is 11.4. The minimum atomic E-state index is -0.204. The lowest BCUT2D eigenvalue weighted by Crippen LogP contribution is -2.19. The van der Waals surface area contributed by atoms with Crippen molar-refractivity contribution >= 4 is 11.4 Å². The fourth-order valence-electron chi connectivity index (χ4n) is 2.64. The van der Waals surface area contributed by atoms with Gasteiger partial charge in [-0.2, -0.15) is 0 Å². The van der Waals surface area contributed by atoms with Crippen molar-refractivity contribution in [2.24, 2.45) is 0 Å². The molecule has 21 heavy (non-hydrogen) atoms. The second-order valence-corrected chi connectivity index (χ2v) is 5.56. The van der Waals surface area contributed by atoms with Crippen LogP contribution in [-0.2, 0) is 0 Å². The molecule has 2 nitrogen and oxygen atoms in total. The van der Waals surface area contributed by atoms with Gasteiger partial charge in [-0.05, 0) is 63.2 Å². The SMILES string of the molecule is CNC(C)c1cc(F)ccc1N(C)c1ccc(C)cc1C. The Kier molecular flexibility index (Phi) is 4.63. The fraction of sp³-hybridized carbons (Fsp3) is 0.333. The highest BCUT2D eigenvalue weighted by Gasteiger charge is 2.15. The fourth-order valence-corrected chi connectivity index (χ4v) is 2.64. The summed E-state index contributed by atoms with van der Waals surface area (Å²) in [5.41, 5.74) is 5.57. The molecule has 0 saturated carbocycles. The number of nitrogens with zero attached hydrogens (tertiary/aromatic N) is 1. The average Bonchev–Trinajstić information content (AvgIpc) is 2.45. The Morgan fingerprint density at radius 3 is 2.33 bits per heavy atom. The lowest BCUT2D eigenvalue weighted by atomic mass is 10.0. The Hall–Kier alpha value is -1.87. The van der Waals surface area contributed by atoms with Crippen molar-refractivity contribution in [3.05, 3.63) is 58.9 Å². The zero-order valence-corrected chi connectivity index (χ0v) is 13.4. The zero-order valence-electron chi connectivity index (χ0n) is 13.4. The molecule has 0 heterocycles. The molecule has 0 aromatic heterocycles. The monoisotopic (exact) mass is 286 g/mol. The van der Waals surface area contributed by atoms with Crippen molar-refractivity contribution in [1.82, 2.24) is 5.32 Å². The lowest BCUT2D eigenvalue weighted by molar-refractivity contribution is 0.608. The number of hydrogen-bond donors (Lipinski definition) is 1. The molecular weight excluding hydrogens is 263 g/mol. The molecule has 0 fully saturated rings. The van der Waals surface area contributed by atoms with Crippen LogP contribution in [0.2, 0.25) is 0 Å². The summed E-state index contributed by atoms with van der Waals surface area (Å²) in [6.45, 7) is 6.22. The molecule has 0 bridgehead atoms. The second kappa shape index (κ2) is 6.27. The molecule has 2 aromatic carbocycles. The van der Waals surface area contributed by atoms with Crippen molar-refractivity contribution in [3.63, 3.8) is 0 Å². The maximum absolute atomic E-state index is 13.6. The highest BCUT2D eigenvalue weighted by Crippen LogP contribution is 2.33. The van der Waals surface area contributed by atoms with Gasteiger partial charge in [0.05, 0.1) is 0 Å². The topological polar surface area (TPSA) is 15.3 Å². The van der Waals surface area contributed by atoms with Crippen LogP contribution in [0.5, 0.6) is 0 Å². The number of aryl methyl sites for hydroxylation is 2. The summed E-state index contributed by atoms with van der Waals surface area (Å²) in [4.78, 5) is 2.12. The van der Waals surface area contributed by atoms with Crippen LogP contribution in [0.3, 0.4) is 0 Å².